The largest absolute Gasteiger partial charge is 0.472 e. The Morgan fingerprint density at radius 2 is 0.454 bits per heavy atom. The quantitative estimate of drug-likeness (QED) is 0.0169. The number of unbranched alkanes of at least 4 members (excludes halogenated alkanes) is 22. The fourth-order valence-electron chi connectivity index (χ4n) is 10.5. The van der Waals surface area contributed by atoms with E-state index in [-0.39, 0.29) is 25.7 Å². The molecule has 614 valence electrons. The zero-order valence-corrected chi connectivity index (χ0v) is 69.0. The van der Waals surface area contributed by atoms with Gasteiger partial charge in [-0.2, -0.15) is 0 Å². The molecule has 0 amide bonds. The average Bonchev–Trinajstić information content (AvgIpc) is 0.906. The van der Waals surface area contributed by atoms with Crippen molar-refractivity contribution in [1.29, 1.82) is 0 Å². The number of phosphoric ester groups is 2. The Hall–Kier alpha value is -5.58. The molecule has 108 heavy (non-hydrogen) atoms. The van der Waals surface area contributed by atoms with Crippen LogP contribution in [-0.4, -0.2) is 96.7 Å². The van der Waals surface area contributed by atoms with Gasteiger partial charge in [-0.05, 0) is 167 Å². The Bertz CT molecular complexity index is 2710. The van der Waals surface area contributed by atoms with Gasteiger partial charge in [0, 0.05) is 25.7 Å². The van der Waals surface area contributed by atoms with Gasteiger partial charge in [-0.25, -0.2) is 9.13 Å². The predicted molar refractivity (Wildman–Crippen MR) is 445 cm³/mol. The Labute approximate surface area is 654 Å². The lowest BCUT2D eigenvalue weighted by molar-refractivity contribution is -0.161. The maximum Gasteiger partial charge on any atom is 0.472 e. The molecule has 0 fully saturated rings. The van der Waals surface area contributed by atoms with E-state index in [9.17, 15) is 43.2 Å². The standard InChI is InChI=1S/C89H146O17P2/c1-5-9-13-17-21-25-29-33-37-40-41-44-47-50-54-58-62-66-70-74-87(92)100-80-85(106-89(94)76-72-68-64-60-56-52-48-43-39-35-31-27-23-19-15-11-7-3)82-104-108(97,98)102-78-83(90)77-101-107(95,96)103-81-84(105-88(93)75-71-67-63-59-55-51-45-36-32-28-24-20-16-12-8-4)79-99-86(91)73-69-65-61-57-53-49-46-42-38-34-30-26-22-18-14-10-6-2/h9-16,21-28,33-39,41,44-45,50,54,83-85,90H,5-8,17-20,29-32,40,42-43,46-49,51-53,55-82H2,1-4H3,(H,95,96)(H,97,98)/b13-9-,14-10-,15-11-,16-12-,25-21-,26-22-,27-23-,28-24-,37-33-,38-34-,39-35-,44-41-,45-36-,54-50-. The van der Waals surface area contributed by atoms with Crippen LogP contribution in [0.1, 0.15) is 310 Å². The number of carbonyl (C=O) groups is 4. The second-order valence-corrected chi connectivity index (χ2v) is 29.8. The lowest BCUT2D eigenvalue weighted by atomic mass is 10.1. The third-order valence-corrected chi connectivity index (χ3v) is 18.6. The summed E-state index contributed by atoms with van der Waals surface area (Å²) in [5, 5.41) is 10.7. The Balaban J connectivity index is 5.44. The molecule has 0 aliphatic carbocycles. The molecule has 0 heterocycles. The Morgan fingerprint density at radius 3 is 0.704 bits per heavy atom. The topological polar surface area (TPSA) is 237 Å². The van der Waals surface area contributed by atoms with E-state index in [1.54, 1.807) is 0 Å². The van der Waals surface area contributed by atoms with Gasteiger partial charge < -0.3 is 33.8 Å². The number of aliphatic hydroxyl groups is 1. The van der Waals surface area contributed by atoms with Crippen molar-refractivity contribution in [1.82, 2.24) is 0 Å². The monoisotopic (exact) mass is 1550 g/mol. The number of aliphatic hydroxyl groups excluding tert-OH is 1. The molecule has 17 nitrogen and oxygen atoms in total. The molecule has 3 N–H and O–H groups in total. The van der Waals surface area contributed by atoms with Crippen LogP contribution in [0.4, 0.5) is 0 Å². The fraction of sp³-hybridized carbons (Fsp3) is 0.640. The van der Waals surface area contributed by atoms with Crippen LogP contribution in [0.25, 0.3) is 0 Å². The normalized spacial score (nSPS) is 14.7. The summed E-state index contributed by atoms with van der Waals surface area (Å²) < 4.78 is 68.7. The van der Waals surface area contributed by atoms with Crippen LogP contribution >= 0.6 is 15.6 Å². The number of phosphoric acid groups is 2. The van der Waals surface area contributed by atoms with E-state index < -0.39 is 97.5 Å². The van der Waals surface area contributed by atoms with Crippen molar-refractivity contribution in [3.8, 4) is 0 Å². The van der Waals surface area contributed by atoms with E-state index in [1.807, 2.05) is 0 Å². The van der Waals surface area contributed by atoms with Crippen LogP contribution < -0.4 is 0 Å². The summed E-state index contributed by atoms with van der Waals surface area (Å²) in [7, 11) is -10.00. The summed E-state index contributed by atoms with van der Waals surface area (Å²) in [6.07, 6.45) is 94.6. The summed E-state index contributed by atoms with van der Waals surface area (Å²) in [6, 6.07) is 0. The van der Waals surface area contributed by atoms with Gasteiger partial charge in [0.1, 0.15) is 19.3 Å². The highest BCUT2D eigenvalue weighted by Gasteiger charge is 2.30. The zero-order valence-electron chi connectivity index (χ0n) is 67.2. The highest BCUT2D eigenvalue weighted by atomic mass is 31.2. The van der Waals surface area contributed by atoms with Crippen molar-refractivity contribution < 1.29 is 80.2 Å². The number of carbonyl (C=O) groups excluding carboxylic acids is 4. The molecular weight excluding hydrogens is 1400 g/mol. The highest BCUT2D eigenvalue weighted by molar-refractivity contribution is 7.47. The van der Waals surface area contributed by atoms with E-state index in [2.05, 4.69) is 198 Å². The summed E-state index contributed by atoms with van der Waals surface area (Å²) >= 11 is 0. The molecule has 0 bridgehead atoms. The molecule has 0 saturated carbocycles. The first kappa shape index (κ1) is 102. The van der Waals surface area contributed by atoms with Crippen LogP contribution in [0.15, 0.2) is 170 Å². The number of hydrogen-bond acceptors (Lipinski definition) is 15. The first-order chi connectivity index (χ1) is 52.7. The number of rotatable bonds is 76. The first-order valence-electron chi connectivity index (χ1n) is 41.4. The second-order valence-electron chi connectivity index (χ2n) is 26.9. The molecule has 5 atom stereocenters. The minimum Gasteiger partial charge on any atom is -0.462 e. The molecule has 0 spiro atoms. The molecule has 0 saturated heterocycles. The molecule has 0 aromatic rings. The van der Waals surface area contributed by atoms with Gasteiger partial charge in [-0.1, -0.05) is 288 Å². The number of allylic oxidation sites excluding steroid dienone is 28. The Kier molecular flexibility index (Phi) is 75.4. The lowest BCUT2D eigenvalue weighted by Gasteiger charge is -2.21. The van der Waals surface area contributed by atoms with E-state index in [0.29, 0.717) is 25.7 Å². The van der Waals surface area contributed by atoms with Crippen molar-refractivity contribution in [3.63, 3.8) is 0 Å². The maximum absolute atomic E-state index is 13.1. The number of hydrogen-bond donors (Lipinski definition) is 3. The molecule has 0 aliphatic rings. The summed E-state index contributed by atoms with van der Waals surface area (Å²) in [6.45, 7) is 4.36. The van der Waals surface area contributed by atoms with Crippen LogP contribution in [-0.2, 0) is 65.4 Å². The maximum atomic E-state index is 13.1. The van der Waals surface area contributed by atoms with Gasteiger partial charge in [0.15, 0.2) is 12.2 Å². The van der Waals surface area contributed by atoms with Crippen molar-refractivity contribution in [2.24, 2.45) is 0 Å². The van der Waals surface area contributed by atoms with E-state index in [1.165, 1.54) is 0 Å². The van der Waals surface area contributed by atoms with E-state index in [4.69, 9.17) is 37.0 Å². The van der Waals surface area contributed by atoms with Crippen molar-refractivity contribution in [2.75, 3.05) is 39.6 Å². The van der Waals surface area contributed by atoms with Gasteiger partial charge in [-0.3, -0.25) is 37.3 Å². The third-order valence-electron chi connectivity index (χ3n) is 16.7. The molecule has 0 aromatic heterocycles. The zero-order chi connectivity index (χ0) is 78.9. The summed E-state index contributed by atoms with van der Waals surface area (Å²) in [4.78, 5) is 73.2. The molecule has 0 rings (SSSR count). The van der Waals surface area contributed by atoms with Crippen molar-refractivity contribution >= 4 is 39.5 Å². The van der Waals surface area contributed by atoms with Crippen molar-refractivity contribution in [2.45, 2.75) is 329 Å². The smallest absolute Gasteiger partial charge is 0.462 e. The highest BCUT2D eigenvalue weighted by Crippen LogP contribution is 2.45. The Morgan fingerprint density at radius 1 is 0.259 bits per heavy atom. The average molecular weight is 1550 g/mol. The molecule has 0 radical (unpaired) electrons. The van der Waals surface area contributed by atoms with E-state index >= 15 is 0 Å². The van der Waals surface area contributed by atoms with Crippen LogP contribution in [0.2, 0.25) is 0 Å². The SMILES string of the molecule is CC/C=C\C/C=C\C/C=C\C/C=C\C/C=C\CCCCCC(=O)OCC(COP(=O)(O)OCC(O)COP(=O)(O)OCC(COC(=O)CCCCCCCCC/C=C\C/C=C\C/C=C\CC)OC(=O)CCCCCCC/C=C\C/C=C\C/C=C\CC)OC(=O)CCCCCCCCC/C=C\C/C=C\C/C=C\CC. The minimum absolute atomic E-state index is 0.0673. The summed E-state index contributed by atoms with van der Waals surface area (Å²) in [5.41, 5.74) is 0. The van der Waals surface area contributed by atoms with Crippen molar-refractivity contribution in [3.05, 3.63) is 170 Å². The second kappa shape index (κ2) is 79.5. The molecule has 0 aliphatic heterocycles. The van der Waals surface area contributed by atoms with Gasteiger partial charge in [0.05, 0.1) is 26.4 Å². The first-order valence-corrected chi connectivity index (χ1v) is 44.4. The number of ether oxygens (including phenoxy) is 4. The minimum atomic E-state index is -5.00. The van der Waals surface area contributed by atoms with E-state index in [0.717, 1.165) is 231 Å². The predicted octanol–water partition coefficient (Wildman–Crippen LogP) is 24.6. The van der Waals surface area contributed by atoms with Gasteiger partial charge in [0.25, 0.3) is 0 Å². The van der Waals surface area contributed by atoms with Crippen LogP contribution in [0.3, 0.4) is 0 Å². The summed E-state index contributed by atoms with van der Waals surface area (Å²) in [5.74, 6) is -2.26. The molecule has 19 heteroatoms. The molecular formula is C89H146O17P2. The third kappa shape index (κ3) is 78.5. The fourth-order valence-corrected chi connectivity index (χ4v) is 12.1. The van der Waals surface area contributed by atoms with Crippen LogP contribution in [0.5, 0.6) is 0 Å². The number of esters is 4. The van der Waals surface area contributed by atoms with Gasteiger partial charge in [0.2, 0.25) is 0 Å². The van der Waals surface area contributed by atoms with Gasteiger partial charge in [-0.15, -0.1) is 0 Å². The van der Waals surface area contributed by atoms with Gasteiger partial charge >= 0.3 is 39.5 Å². The lowest BCUT2D eigenvalue weighted by Crippen LogP contribution is -2.30. The molecule has 0 aromatic carbocycles. The van der Waals surface area contributed by atoms with Crippen LogP contribution in [0, 0.1) is 0 Å². The molecule has 5 unspecified atom stereocenters.